The molecular weight excluding hydrogens is 1290 g/mol. The standard InChI is InChI=1S/C80H156O17P2/c1-6-9-12-15-18-21-24-26-28-29-32-36-39-44-49-54-59-64-78(83)91-70-76(97-80(85)66-61-56-51-46-41-37-33-30-31-34-38-42-47-52-57-62-73(4)5)72-95-99(88,89)93-68-74(81)67-92-98(86,87)94-71-75(69-90-77(82)63-58-53-48-43-23-20-17-14-11-8-3)96-79(84)65-60-55-50-45-40-35-27-25-22-19-16-13-10-7-2/h73-76,81H,6-72H2,1-5H3,(H,86,87)(H,88,89)/t74-,75+,76+/m0/s1. The van der Waals surface area contributed by atoms with Gasteiger partial charge in [-0.25, -0.2) is 9.13 Å². The maximum Gasteiger partial charge on any atom is 0.472 e. The molecule has 3 N–H and O–H groups in total. The van der Waals surface area contributed by atoms with Crippen LogP contribution in [0.25, 0.3) is 0 Å². The van der Waals surface area contributed by atoms with Gasteiger partial charge in [0.15, 0.2) is 12.2 Å². The molecule has 0 aliphatic rings. The average Bonchev–Trinajstić information content (AvgIpc) is 1.18. The molecule has 2 unspecified atom stereocenters. The number of ether oxygens (including phenoxy) is 4. The summed E-state index contributed by atoms with van der Waals surface area (Å²) in [5, 5.41) is 10.6. The summed E-state index contributed by atoms with van der Waals surface area (Å²) in [7, 11) is -9.92. The van der Waals surface area contributed by atoms with Gasteiger partial charge in [-0.2, -0.15) is 0 Å². The minimum atomic E-state index is -4.96. The third kappa shape index (κ3) is 74.1. The summed E-state index contributed by atoms with van der Waals surface area (Å²) in [6.45, 7) is 7.35. The van der Waals surface area contributed by atoms with Gasteiger partial charge >= 0.3 is 39.5 Å². The Morgan fingerprint density at radius 3 is 0.687 bits per heavy atom. The van der Waals surface area contributed by atoms with Crippen LogP contribution in [-0.2, 0) is 65.4 Å². The summed E-state index contributed by atoms with van der Waals surface area (Å²) in [6, 6.07) is 0. The van der Waals surface area contributed by atoms with Crippen molar-refractivity contribution in [3.05, 3.63) is 0 Å². The number of hydrogen-bond acceptors (Lipinski definition) is 15. The first-order chi connectivity index (χ1) is 48.0. The quantitative estimate of drug-likeness (QED) is 0.0222. The summed E-state index contributed by atoms with van der Waals surface area (Å²) in [5.74, 6) is -1.30. The maximum absolute atomic E-state index is 13.1. The van der Waals surface area contributed by atoms with Crippen molar-refractivity contribution in [2.45, 2.75) is 445 Å². The lowest BCUT2D eigenvalue weighted by atomic mass is 10.0. The minimum Gasteiger partial charge on any atom is -0.462 e. The van der Waals surface area contributed by atoms with Gasteiger partial charge in [0.05, 0.1) is 26.4 Å². The van der Waals surface area contributed by atoms with Gasteiger partial charge in [-0.15, -0.1) is 0 Å². The fourth-order valence-electron chi connectivity index (χ4n) is 12.4. The Balaban J connectivity index is 5.24. The molecule has 0 saturated carbocycles. The molecule has 5 atom stereocenters. The van der Waals surface area contributed by atoms with Crippen molar-refractivity contribution in [3.63, 3.8) is 0 Å². The van der Waals surface area contributed by atoms with Gasteiger partial charge < -0.3 is 33.8 Å². The van der Waals surface area contributed by atoms with E-state index < -0.39 is 97.5 Å². The highest BCUT2D eigenvalue weighted by Crippen LogP contribution is 2.45. The predicted molar refractivity (Wildman–Crippen MR) is 405 cm³/mol. The van der Waals surface area contributed by atoms with E-state index in [9.17, 15) is 43.2 Å². The highest BCUT2D eigenvalue weighted by atomic mass is 31.2. The Labute approximate surface area is 607 Å². The zero-order valence-electron chi connectivity index (χ0n) is 64.6. The molecule has 99 heavy (non-hydrogen) atoms. The van der Waals surface area contributed by atoms with Gasteiger partial charge in [0.25, 0.3) is 0 Å². The van der Waals surface area contributed by atoms with Crippen molar-refractivity contribution in [2.75, 3.05) is 39.6 Å². The van der Waals surface area contributed by atoms with Crippen molar-refractivity contribution >= 4 is 39.5 Å². The molecule has 0 spiro atoms. The zero-order valence-corrected chi connectivity index (χ0v) is 66.4. The number of unbranched alkanes of at least 4 members (excludes halogenated alkanes) is 52. The topological polar surface area (TPSA) is 237 Å². The second kappa shape index (κ2) is 73.0. The smallest absolute Gasteiger partial charge is 0.462 e. The number of aliphatic hydroxyl groups excluding tert-OH is 1. The van der Waals surface area contributed by atoms with E-state index in [0.717, 1.165) is 95.8 Å². The Morgan fingerprint density at radius 2 is 0.465 bits per heavy atom. The van der Waals surface area contributed by atoms with Crippen molar-refractivity contribution in [2.24, 2.45) is 5.92 Å². The van der Waals surface area contributed by atoms with Gasteiger partial charge in [0.2, 0.25) is 0 Å². The lowest BCUT2D eigenvalue weighted by Gasteiger charge is -2.21. The normalized spacial score (nSPS) is 13.9. The maximum atomic E-state index is 13.1. The first-order valence-corrected chi connectivity index (χ1v) is 44.6. The number of hydrogen-bond donors (Lipinski definition) is 3. The fourth-order valence-corrected chi connectivity index (χ4v) is 14.0. The van der Waals surface area contributed by atoms with Gasteiger partial charge in [0.1, 0.15) is 19.3 Å². The van der Waals surface area contributed by atoms with Crippen molar-refractivity contribution in [1.29, 1.82) is 0 Å². The van der Waals surface area contributed by atoms with Crippen LogP contribution in [0, 0.1) is 5.92 Å². The second-order valence-corrected chi connectivity index (χ2v) is 32.2. The van der Waals surface area contributed by atoms with Crippen molar-refractivity contribution in [1.82, 2.24) is 0 Å². The lowest BCUT2D eigenvalue weighted by Crippen LogP contribution is -2.30. The van der Waals surface area contributed by atoms with E-state index in [1.165, 1.54) is 250 Å². The molecule has 0 fully saturated rings. The van der Waals surface area contributed by atoms with Crippen LogP contribution in [-0.4, -0.2) is 96.7 Å². The van der Waals surface area contributed by atoms with Crippen LogP contribution < -0.4 is 0 Å². The number of esters is 4. The second-order valence-electron chi connectivity index (χ2n) is 29.3. The van der Waals surface area contributed by atoms with Crippen LogP contribution in [0.3, 0.4) is 0 Å². The molecule has 0 rings (SSSR count). The van der Waals surface area contributed by atoms with E-state index in [0.29, 0.717) is 25.7 Å². The number of phosphoric ester groups is 2. The molecule has 0 saturated heterocycles. The summed E-state index contributed by atoms with van der Waals surface area (Å²) in [4.78, 5) is 73.0. The Bertz CT molecular complexity index is 1890. The van der Waals surface area contributed by atoms with Crippen LogP contribution in [0.2, 0.25) is 0 Å². The van der Waals surface area contributed by atoms with Crippen LogP contribution >= 0.6 is 15.6 Å². The number of phosphoric acid groups is 2. The van der Waals surface area contributed by atoms with E-state index >= 15 is 0 Å². The van der Waals surface area contributed by atoms with Crippen molar-refractivity contribution in [3.8, 4) is 0 Å². The fraction of sp³-hybridized carbons (Fsp3) is 0.950. The number of carbonyl (C=O) groups is 4. The summed E-state index contributed by atoms with van der Waals surface area (Å²) in [5.41, 5.74) is 0. The zero-order chi connectivity index (χ0) is 72.7. The van der Waals surface area contributed by atoms with E-state index in [2.05, 4.69) is 34.6 Å². The Kier molecular flexibility index (Phi) is 71.6. The third-order valence-corrected chi connectivity index (χ3v) is 20.7. The van der Waals surface area contributed by atoms with E-state index in [1.54, 1.807) is 0 Å². The highest BCUT2D eigenvalue weighted by molar-refractivity contribution is 7.47. The molecule has 588 valence electrons. The molecule has 0 bridgehead atoms. The van der Waals surface area contributed by atoms with Gasteiger partial charge in [0, 0.05) is 25.7 Å². The number of carbonyl (C=O) groups excluding carboxylic acids is 4. The van der Waals surface area contributed by atoms with Gasteiger partial charge in [-0.05, 0) is 31.6 Å². The van der Waals surface area contributed by atoms with Crippen LogP contribution in [0.5, 0.6) is 0 Å². The molecule has 0 radical (unpaired) electrons. The summed E-state index contributed by atoms with van der Waals surface area (Å²) in [6.07, 6.45) is 63.7. The van der Waals surface area contributed by atoms with Crippen molar-refractivity contribution < 1.29 is 80.2 Å². The molecule has 19 heteroatoms. The van der Waals surface area contributed by atoms with E-state index in [-0.39, 0.29) is 25.7 Å². The van der Waals surface area contributed by atoms with E-state index in [4.69, 9.17) is 37.0 Å². The third-order valence-electron chi connectivity index (χ3n) is 18.8. The first-order valence-electron chi connectivity index (χ1n) is 41.6. The predicted octanol–water partition coefficient (Wildman–Crippen LogP) is 24.0. The summed E-state index contributed by atoms with van der Waals surface area (Å²) >= 11 is 0. The molecule has 0 aromatic rings. The van der Waals surface area contributed by atoms with E-state index in [1.807, 2.05) is 0 Å². The van der Waals surface area contributed by atoms with Gasteiger partial charge in [-0.1, -0.05) is 375 Å². The molecule has 0 amide bonds. The average molecular weight is 1450 g/mol. The molecule has 17 nitrogen and oxygen atoms in total. The number of rotatable bonds is 80. The van der Waals surface area contributed by atoms with Crippen LogP contribution in [0.15, 0.2) is 0 Å². The molecule has 0 aliphatic heterocycles. The highest BCUT2D eigenvalue weighted by Gasteiger charge is 2.30. The lowest BCUT2D eigenvalue weighted by molar-refractivity contribution is -0.161. The van der Waals surface area contributed by atoms with Crippen LogP contribution in [0.4, 0.5) is 0 Å². The Hall–Kier alpha value is -1.94. The molecule has 0 aromatic carbocycles. The number of aliphatic hydroxyl groups is 1. The minimum absolute atomic E-state index is 0.108. The Morgan fingerprint density at radius 1 is 0.273 bits per heavy atom. The van der Waals surface area contributed by atoms with Crippen LogP contribution in [0.1, 0.15) is 426 Å². The monoisotopic (exact) mass is 1450 g/mol. The van der Waals surface area contributed by atoms with Gasteiger partial charge in [-0.3, -0.25) is 37.3 Å². The molecular formula is C80H156O17P2. The largest absolute Gasteiger partial charge is 0.472 e. The SMILES string of the molecule is CCCCCCCCCCCCCCCCCCCC(=O)OC[C@H](COP(=O)(O)OC[C@@H](O)COP(=O)(O)OC[C@@H](COC(=O)CCCCCCCCCCCC)OC(=O)CCCCCCCCCCCCCCCC)OC(=O)CCCCCCCCCCCCCCCCCC(C)C. The molecule has 0 aromatic heterocycles. The first kappa shape index (κ1) is 97.1. The molecule has 0 aliphatic carbocycles. The summed E-state index contributed by atoms with van der Waals surface area (Å²) < 4.78 is 68.7. The molecule has 0 heterocycles.